The van der Waals surface area contributed by atoms with E-state index in [2.05, 4.69) is 15.6 Å². The summed E-state index contributed by atoms with van der Waals surface area (Å²) in [5.41, 5.74) is 1.12. The third-order valence-corrected chi connectivity index (χ3v) is 4.50. The molecule has 1 spiro atoms. The van der Waals surface area contributed by atoms with Gasteiger partial charge in [-0.25, -0.2) is 13.6 Å². The Balaban J connectivity index is 0.000000236. The highest BCUT2D eigenvalue weighted by molar-refractivity contribution is 5.96. The summed E-state index contributed by atoms with van der Waals surface area (Å²) in [4.78, 5) is 29.9. The molecule has 1 aliphatic heterocycles. The van der Waals surface area contributed by atoms with Gasteiger partial charge in [-0.2, -0.15) is 0 Å². The van der Waals surface area contributed by atoms with Crippen molar-refractivity contribution in [1.29, 1.82) is 0 Å². The number of pyridine rings is 1. The number of amides is 3. The fourth-order valence-corrected chi connectivity index (χ4v) is 3.08. The van der Waals surface area contributed by atoms with Crippen LogP contribution in [0.25, 0.3) is 0 Å². The molecule has 0 atom stereocenters. The number of aliphatic hydroxyl groups excluding tert-OH is 1. The van der Waals surface area contributed by atoms with Gasteiger partial charge in [0.15, 0.2) is 0 Å². The highest BCUT2D eigenvalue weighted by atomic mass is 19.1. The number of aliphatic hydroxyl groups is 1. The molecule has 1 aromatic heterocycles. The van der Waals surface area contributed by atoms with Gasteiger partial charge in [0.2, 0.25) is 5.91 Å². The van der Waals surface area contributed by atoms with Crippen molar-refractivity contribution in [2.75, 3.05) is 25.0 Å². The molecule has 3 amide bonds. The molecule has 28 heavy (non-hydrogen) atoms. The number of carbonyl (C=O) groups is 2. The fraction of sp³-hybridized carbons (Fsp3) is 0.316. The smallest absolute Gasteiger partial charge is 0.323 e. The van der Waals surface area contributed by atoms with Gasteiger partial charge < -0.3 is 20.6 Å². The molecule has 7 nitrogen and oxygen atoms in total. The molecular formula is C19H20F2N4O3. The molecule has 1 aliphatic carbocycles. The van der Waals surface area contributed by atoms with Gasteiger partial charge in [-0.05, 0) is 37.1 Å². The quantitative estimate of drug-likeness (QED) is 0.744. The Bertz CT molecular complexity index is 857. The van der Waals surface area contributed by atoms with Gasteiger partial charge in [-0.3, -0.25) is 9.78 Å². The number of fused-ring (bicyclic) bond motifs is 2. The van der Waals surface area contributed by atoms with Gasteiger partial charge in [0.1, 0.15) is 18.2 Å². The number of anilines is 1. The first-order chi connectivity index (χ1) is 13.5. The number of rotatable bonds is 4. The molecule has 0 unspecified atom stereocenters. The molecule has 2 heterocycles. The highest BCUT2D eigenvalue weighted by Crippen LogP contribution is 2.54. The van der Waals surface area contributed by atoms with Gasteiger partial charge in [-0.15, -0.1) is 0 Å². The zero-order chi connectivity index (χ0) is 20.1. The average molecular weight is 390 g/mol. The first kappa shape index (κ1) is 19.7. The number of halogens is 2. The maximum atomic E-state index is 12.2. The molecule has 1 saturated carbocycles. The average Bonchev–Trinajstić information content (AvgIpc) is 3.45. The maximum Gasteiger partial charge on any atom is 0.323 e. The minimum Gasteiger partial charge on any atom is -0.395 e. The summed E-state index contributed by atoms with van der Waals surface area (Å²) in [5, 5.41) is 14.0. The number of benzene rings is 1. The number of carbonyl (C=O) groups excluding carboxylic acids is 2. The van der Waals surface area contributed by atoms with Crippen molar-refractivity contribution in [2.24, 2.45) is 0 Å². The normalized spacial score (nSPS) is 15.8. The monoisotopic (exact) mass is 390 g/mol. The number of aromatic nitrogens is 1. The fourth-order valence-electron chi connectivity index (χ4n) is 3.08. The molecule has 9 heteroatoms. The van der Waals surface area contributed by atoms with Crippen molar-refractivity contribution >= 4 is 17.6 Å². The maximum absolute atomic E-state index is 12.2. The van der Waals surface area contributed by atoms with Crippen molar-refractivity contribution < 1.29 is 23.5 Å². The summed E-state index contributed by atoms with van der Waals surface area (Å²) in [6, 6.07) is 7.88. The lowest BCUT2D eigenvalue weighted by atomic mass is 10.0. The van der Waals surface area contributed by atoms with E-state index < -0.39 is 17.2 Å². The summed E-state index contributed by atoms with van der Waals surface area (Å²) in [5.74, 6) is -1.35. The Labute approximate surface area is 160 Å². The second kappa shape index (κ2) is 8.30. The van der Waals surface area contributed by atoms with Gasteiger partial charge >= 0.3 is 6.03 Å². The molecule has 0 bridgehead atoms. The van der Waals surface area contributed by atoms with Gasteiger partial charge in [0.25, 0.3) is 0 Å². The van der Waals surface area contributed by atoms with Crippen molar-refractivity contribution in [3.05, 3.63) is 59.9 Å². The highest BCUT2D eigenvalue weighted by Gasteiger charge is 2.56. The predicted molar refractivity (Wildman–Crippen MR) is 97.3 cm³/mol. The van der Waals surface area contributed by atoms with Crippen LogP contribution in [0.4, 0.5) is 19.3 Å². The summed E-state index contributed by atoms with van der Waals surface area (Å²) in [6.07, 6.45) is 3.33. The lowest BCUT2D eigenvalue weighted by Crippen LogP contribution is -2.51. The van der Waals surface area contributed by atoms with Crippen LogP contribution < -0.4 is 10.6 Å². The molecule has 0 saturated heterocycles. The molecule has 4 rings (SSSR count). The zero-order valence-electron chi connectivity index (χ0n) is 15.0. The van der Waals surface area contributed by atoms with E-state index in [1.165, 1.54) is 23.1 Å². The second-order valence-electron chi connectivity index (χ2n) is 6.46. The van der Waals surface area contributed by atoms with E-state index in [9.17, 15) is 18.4 Å². The van der Waals surface area contributed by atoms with E-state index in [1.807, 2.05) is 6.07 Å². The zero-order valence-corrected chi connectivity index (χ0v) is 15.0. The first-order valence-corrected chi connectivity index (χ1v) is 8.79. The van der Waals surface area contributed by atoms with Gasteiger partial charge in [0.05, 0.1) is 23.5 Å². The topological polar surface area (TPSA) is 94.6 Å². The lowest BCUT2D eigenvalue weighted by molar-refractivity contribution is -0.122. The first-order valence-electron chi connectivity index (χ1n) is 8.79. The Morgan fingerprint density at radius 3 is 2.54 bits per heavy atom. The Morgan fingerprint density at radius 2 is 1.96 bits per heavy atom. The van der Waals surface area contributed by atoms with Crippen LogP contribution >= 0.6 is 0 Å². The standard InChI is InChI=1S/C13H16N4O3.C6H4F2/c18-7-6-14-10(19)8-17-12(20)16-9-2-1-5-15-11(9)13(17)3-4-13;7-5-2-1-3-6(8)4-5/h1-2,5,18H,3-4,6-8H2,(H,14,19)(H,16,20);1-4H. The molecular weight excluding hydrogens is 370 g/mol. The van der Waals surface area contributed by atoms with Crippen LogP contribution in [-0.2, 0) is 10.3 Å². The number of nitrogens with one attached hydrogen (secondary N) is 2. The van der Waals surface area contributed by atoms with Crippen LogP contribution in [0.1, 0.15) is 18.5 Å². The summed E-state index contributed by atoms with van der Waals surface area (Å²) < 4.78 is 23.9. The van der Waals surface area contributed by atoms with Crippen molar-refractivity contribution in [2.45, 2.75) is 18.4 Å². The van der Waals surface area contributed by atoms with Crippen LogP contribution in [-0.4, -0.2) is 46.6 Å². The number of hydrogen-bond donors (Lipinski definition) is 3. The van der Waals surface area contributed by atoms with E-state index in [0.717, 1.165) is 30.3 Å². The van der Waals surface area contributed by atoms with Gasteiger partial charge in [-0.1, -0.05) is 6.07 Å². The Hall–Kier alpha value is -3.07. The van der Waals surface area contributed by atoms with E-state index in [-0.39, 0.29) is 31.6 Å². The van der Waals surface area contributed by atoms with Crippen molar-refractivity contribution in [1.82, 2.24) is 15.2 Å². The van der Waals surface area contributed by atoms with Gasteiger partial charge in [0, 0.05) is 18.8 Å². The Morgan fingerprint density at radius 1 is 1.25 bits per heavy atom. The number of urea groups is 1. The number of hydrogen-bond acceptors (Lipinski definition) is 4. The molecule has 2 aliphatic rings. The third kappa shape index (κ3) is 4.25. The van der Waals surface area contributed by atoms with Crippen LogP contribution in [0.3, 0.4) is 0 Å². The van der Waals surface area contributed by atoms with E-state index in [0.29, 0.717) is 0 Å². The van der Waals surface area contributed by atoms with Crippen LogP contribution in [0, 0.1) is 11.6 Å². The molecule has 0 radical (unpaired) electrons. The molecule has 2 aromatic rings. The predicted octanol–water partition coefficient (Wildman–Crippen LogP) is 1.99. The Kier molecular flexibility index (Phi) is 5.84. The second-order valence-corrected chi connectivity index (χ2v) is 6.46. The SMILES string of the molecule is Fc1cccc(F)c1.O=C(CN1C(=O)Nc2cccnc2C12CC2)NCCO. The lowest BCUT2D eigenvalue weighted by Gasteiger charge is -2.36. The van der Waals surface area contributed by atoms with Crippen molar-refractivity contribution in [3.63, 3.8) is 0 Å². The molecule has 3 N–H and O–H groups in total. The van der Waals surface area contributed by atoms with E-state index >= 15 is 0 Å². The summed E-state index contributed by atoms with van der Waals surface area (Å²) in [6.45, 7) is 0.0471. The minimum atomic E-state index is -0.537. The molecule has 1 fully saturated rings. The van der Waals surface area contributed by atoms with E-state index in [4.69, 9.17) is 5.11 Å². The van der Waals surface area contributed by atoms with Crippen LogP contribution in [0.2, 0.25) is 0 Å². The molecule has 148 valence electrons. The molecule has 1 aromatic carbocycles. The minimum absolute atomic E-state index is 0.0259. The van der Waals surface area contributed by atoms with Crippen LogP contribution in [0.15, 0.2) is 42.6 Å². The third-order valence-electron chi connectivity index (χ3n) is 4.50. The van der Waals surface area contributed by atoms with Crippen LogP contribution in [0.5, 0.6) is 0 Å². The summed E-state index contributed by atoms with van der Waals surface area (Å²) >= 11 is 0. The van der Waals surface area contributed by atoms with Crippen molar-refractivity contribution in [3.8, 4) is 0 Å². The number of nitrogens with zero attached hydrogens (tertiary/aromatic N) is 2. The largest absolute Gasteiger partial charge is 0.395 e. The van der Waals surface area contributed by atoms with E-state index in [1.54, 1.807) is 12.3 Å². The summed E-state index contributed by atoms with van der Waals surface area (Å²) in [7, 11) is 0.